The number of aryl methyl sites for hydroxylation is 2. The van der Waals surface area contributed by atoms with Crippen LogP contribution in [0.15, 0.2) is 29.2 Å². The molecule has 0 radical (unpaired) electrons. The molecule has 0 saturated heterocycles. The Hall–Kier alpha value is -2.52. The van der Waals surface area contributed by atoms with Crippen LogP contribution in [0.5, 0.6) is 0 Å². The molecule has 0 spiro atoms. The highest BCUT2D eigenvalue weighted by Gasteiger charge is 2.56. The second kappa shape index (κ2) is 7.38. The first-order valence-electron chi connectivity index (χ1n) is 8.93. The Kier molecular flexibility index (Phi) is 5.40. The number of hydrogen-bond donors (Lipinski definition) is 3. The molecule has 1 saturated carbocycles. The van der Waals surface area contributed by atoms with Crippen LogP contribution in [0, 0.1) is 13.8 Å². The summed E-state index contributed by atoms with van der Waals surface area (Å²) in [4.78, 5) is 23.5. The topological polar surface area (TPSA) is 118 Å². The zero-order chi connectivity index (χ0) is 21.6. The number of carboxylic acids is 1. The van der Waals surface area contributed by atoms with E-state index in [1.165, 1.54) is 17.8 Å². The Morgan fingerprint density at radius 1 is 1.28 bits per heavy atom. The largest absolute Gasteiger partial charge is 0.481 e. The number of benzene rings is 1. The van der Waals surface area contributed by atoms with Crippen molar-refractivity contribution in [1.82, 2.24) is 4.57 Å². The number of hydrogen-bond acceptors (Lipinski definition) is 5. The molecule has 29 heavy (non-hydrogen) atoms. The van der Waals surface area contributed by atoms with Gasteiger partial charge >= 0.3 is 5.97 Å². The molecule has 1 aromatic carbocycles. The lowest BCUT2D eigenvalue weighted by molar-refractivity contribution is -0.137. The molecule has 1 fully saturated rings. The Morgan fingerprint density at radius 3 is 2.48 bits per heavy atom. The van der Waals surface area contributed by atoms with E-state index in [1.807, 2.05) is 13.0 Å². The molecule has 0 unspecified atom stereocenters. The highest BCUT2D eigenvalue weighted by molar-refractivity contribution is 7.94. The molecule has 1 aliphatic carbocycles. The zero-order valence-corrected chi connectivity index (χ0v) is 17.8. The molecular formula is C19H22ClN3O5S. The molecule has 0 bridgehead atoms. The van der Waals surface area contributed by atoms with Gasteiger partial charge in [-0.15, -0.1) is 0 Å². The number of halogens is 1. The van der Waals surface area contributed by atoms with Gasteiger partial charge < -0.3 is 15.0 Å². The van der Waals surface area contributed by atoms with E-state index in [4.69, 9.17) is 16.7 Å². The number of nitrogens with one attached hydrogen (secondary N) is 2. The van der Waals surface area contributed by atoms with Crippen molar-refractivity contribution in [3.05, 3.63) is 50.9 Å². The molecule has 3 rings (SSSR count). The lowest BCUT2D eigenvalue weighted by atomic mass is 10.2. The molecule has 1 aromatic heterocycles. The molecule has 1 aliphatic rings. The van der Waals surface area contributed by atoms with E-state index in [1.54, 1.807) is 19.1 Å². The van der Waals surface area contributed by atoms with Crippen molar-refractivity contribution >= 4 is 44.7 Å². The predicted octanol–water partition coefficient (Wildman–Crippen LogP) is 3.15. The summed E-state index contributed by atoms with van der Waals surface area (Å²) in [7, 11) is -2.48. The standard InChI is InChI=1S/C19H22ClN3O5S/c1-11-4-5-14(13(20)8-11)21-17-12(2)18(26)23(3)10-15(17)22-29(27,28)19(6-7-19)9-16(24)25/h4-5,8,10,21-22H,6-7,9H2,1-3H3,(H,24,25). The highest BCUT2D eigenvalue weighted by Crippen LogP contribution is 2.47. The summed E-state index contributed by atoms with van der Waals surface area (Å²) >= 11 is 6.28. The van der Waals surface area contributed by atoms with Gasteiger partial charge in [-0.3, -0.25) is 14.3 Å². The van der Waals surface area contributed by atoms with Gasteiger partial charge in [-0.2, -0.15) is 0 Å². The van der Waals surface area contributed by atoms with Crippen LogP contribution in [0.1, 0.15) is 30.4 Å². The van der Waals surface area contributed by atoms with E-state index in [2.05, 4.69) is 10.0 Å². The normalized spacial score (nSPS) is 15.0. The van der Waals surface area contributed by atoms with Crippen molar-refractivity contribution in [3.8, 4) is 0 Å². The third-order valence-electron chi connectivity index (χ3n) is 5.09. The molecule has 0 atom stereocenters. The van der Waals surface area contributed by atoms with Crippen LogP contribution in [0.2, 0.25) is 5.02 Å². The molecule has 1 heterocycles. The summed E-state index contributed by atoms with van der Waals surface area (Å²) in [6.45, 7) is 3.46. The first-order chi connectivity index (χ1) is 13.5. The minimum Gasteiger partial charge on any atom is -0.481 e. The number of pyridine rings is 1. The van der Waals surface area contributed by atoms with Crippen molar-refractivity contribution in [2.75, 3.05) is 10.0 Å². The van der Waals surface area contributed by atoms with Crippen molar-refractivity contribution in [2.45, 2.75) is 37.9 Å². The van der Waals surface area contributed by atoms with E-state index in [0.717, 1.165) is 5.56 Å². The second-order valence-corrected chi connectivity index (χ2v) is 9.91. The maximum absolute atomic E-state index is 12.9. The summed E-state index contributed by atoms with van der Waals surface area (Å²) in [5, 5.41) is 12.6. The van der Waals surface area contributed by atoms with Gasteiger partial charge in [-0.05, 0) is 44.4 Å². The van der Waals surface area contributed by atoms with Gasteiger partial charge in [0.15, 0.2) is 0 Å². The summed E-state index contributed by atoms with van der Waals surface area (Å²) < 4.78 is 28.3. The number of sulfonamides is 1. The van der Waals surface area contributed by atoms with Crippen LogP contribution in [0.25, 0.3) is 0 Å². The summed E-state index contributed by atoms with van der Waals surface area (Å²) in [6, 6.07) is 5.32. The minimum absolute atomic E-state index is 0.151. The van der Waals surface area contributed by atoms with Gasteiger partial charge in [-0.25, -0.2) is 8.42 Å². The van der Waals surface area contributed by atoms with Crippen LogP contribution in [0.4, 0.5) is 17.1 Å². The number of aliphatic carboxylic acids is 1. The first-order valence-corrected chi connectivity index (χ1v) is 10.8. The van der Waals surface area contributed by atoms with Gasteiger partial charge in [0.2, 0.25) is 10.0 Å². The van der Waals surface area contributed by atoms with Crippen molar-refractivity contribution in [2.24, 2.45) is 7.05 Å². The number of anilines is 3. The van der Waals surface area contributed by atoms with Gasteiger partial charge in [0, 0.05) is 18.8 Å². The van der Waals surface area contributed by atoms with Crippen molar-refractivity contribution in [3.63, 3.8) is 0 Å². The third-order valence-corrected chi connectivity index (χ3v) is 7.58. The van der Waals surface area contributed by atoms with E-state index >= 15 is 0 Å². The smallest absolute Gasteiger partial charge is 0.305 e. The van der Waals surface area contributed by atoms with Gasteiger partial charge in [0.25, 0.3) is 5.56 Å². The molecule has 8 nitrogen and oxygen atoms in total. The van der Waals surface area contributed by atoms with Gasteiger partial charge in [0.05, 0.1) is 28.5 Å². The summed E-state index contributed by atoms with van der Waals surface area (Å²) in [6.07, 6.45) is 1.44. The van der Waals surface area contributed by atoms with Crippen LogP contribution < -0.4 is 15.6 Å². The lowest BCUT2D eigenvalue weighted by Crippen LogP contribution is -2.33. The summed E-state index contributed by atoms with van der Waals surface area (Å²) in [5.41, 5.74) is 1.89. The number of rotatable bonds is 7. The van der Waals surface area contributed by atoms with Crippen LogP contribution in [-0.4, -0.2) is 28.8 Å². The number of nitrogens with zero attached hydrogens (tertiary/aromatic N) is 1. The minimum atomic E-state index is -3.99. The average molecular weight is 440 g/mol. The molecule has 2 aromatic rings. The molecule has 10 heteroatoms. The number of aromatic nitrogens is 1. The van der Waals surface area contributed by atoms with Gasteiger partial charge in [0.1, 0.15) is 4.75 Å². The fourth-order valence-electron chi connectivity index (χ4n) is 3.19. The molecular weight excluding hydrogens is 418 g/mol. The zero-order valence-electron chi connectivity index (χ0n) is 16.2. The van der Waals surface area contributed by atoms with E-state index in [0.29, 0.717) is 16.3 Å². The quantitative estimate of drug-likeness (QED) is 0.610. The van der Waals surface area contributed by atoms with Crippen molar-refractivity contribution < 1.29 is 18.3 Å². The highest BCUT2D eigenvalue weighted by atomic mass is 35.5. The maximum atomic E-state index is 12.9. The summed E-state index contributed by atoms with van der Waals surface area (Å²) in [5.74, 6) is -1.17. The molecule has 156 valence electrons. The SMILES string of the molecule is Cc1ccc(Nc2c(NS(=O)(=O)C3(CC(=O)O)CC3)cn(C)c(=O)c2C)c(Cl)c1. The van der Waals surface area contributed by atoms with Crippen LogP contribution >= 0.6 is 11.6 Å². The Balaban J connectivity index is 2.05. The monoisotopic (exact) mass is 439 g/mol. The molecule has 0 aliphatic heterocycles. The fourth-order valence-corrected chi connectivity index (χ4v) is 5.09. The van der Waals surface area contributed by atoms with Crippen molar-refractivity contribution in [1.29, 1.82) is 0 Å². The predicted molar refractivity (Wildman–Crippen MR) is 113 cm³/mol. The molecule has 0 amide bonds. The average Bonchev–Trinajstić information content (AvgIpc) is 3.38. The number of carbonyl (C=O) groups is 1. The second-order valence-electron chi connectivity index (χ2n) is 7.43. The Morgan fingerprint density at radius 2 is 1.93 bits per heavy atom. The number of carboxylic acid groups (broad SMARTS) is 1. The van der Waals surface area contributed by atoms with Crippen LogP contribution in [0.3, 0.4) is 0 Å². The first kappa shape index (κ1) is 21.2. The maximum Gasteiger partial charge on any atom is 0.305 e. The van der Waals surface area contributed by atoms with Crippen LogP contribution in [-0.2, 0) is 21.9 Å². The Labute approximate surface area is 173 Å². The van der Waals surface area contributed by atoms with E-state index < -0.39 is 27.2 Å². The van der Waals surface area contributed by atoms with E-state index in [-0.39, 0.29) is 29.8 Å². The van der Waals surface area contributed by atoms with E-state index in [9.17, 15) is 18.0 Å². The van der Waals surface area contributed by atoms with Gasteiger partial charge in [-0.1, -0.05) is 17.7 Å². The molecule has 3 N–H and O–H groups in total. The lowest BCUT2D eigenvalue weighted by Gasteiger charge is -2.21. The fraction of sp³-hybridized carbons (Fsp3) is 0.368. The Bertz CT molecular complexity index is 1150. The third kappa shape index (κ3) is 4.11.